The maximum atomic E-state index is 10.8. The molecule has 1 aliphatic heterocycles. The second-order valence-electron chi connectivity index (χ2n) is 5.47. The summed E-state index contributed by atoms with van der Waals surface area (Å²) < 4.78 is 0. The third-order valence-electron chi connectivity index (χ3n) is 3.66. The van der Waals surface area contributed by atoms with Crippen LogP contribution < -0.4 is 10.2 Å². The Kier molecular flexibility index (Phi) is 4.70. The van der Waals surface area contributed by atoms with Crippen LogP contribution in [0.3, 0.4) is 0 Å². The number of nitrogens with one attached hydrogen (secondary N) is 1. The van der Waals surface area contributed by atoms with Gasteiger partial charge >= 0.3 is 0 Å². The SMILES string of the molecule is CC(C)N(CC1CCCN1)c1ncc([N+](=O)[O-])cc1C#N. The van der Waals surface area contributed by atoms with E-state index in [-0.39, 0.29) is 17.3 Å². The lowest BCUT2D eigenvalue weighted by Crippen LogP contribution is -2.42. The average molecular weight is 289 g/mol. The van der Waals surface area contributed by atoms with Crippen LogP contribution in [0.4, 0.5) is 11.5 Å². The molecule has 0 radical (unpaired) electrons. The van der Waals surface area contributed by atoms with Gasteiger partial charge in [0, 0.05) is 24.7 Å². The van der Waals surface area contributed by atoms with Gasteiger partial charge in [-0.15, -0.1) is 0 Å². The number of hydrogen-bond donors (Lipinski definition) is 1. The highest BCUT2D eigenvalue weighted by Gasteiger charge is 2.24. The molecule has 21 heavy (non-hydrogen) atoms. The quantitative estimate of drug-likeness (QED) is 0.656. The molecule has 1 aliphatic rings. The molecule has 2 heterocycles. The van der Waals surface area contributed by atoms with Crippen molar-refractivity contribution >= 4 is 11.5 Å². The van der Waals surface area contributed by atoms with Crippen LogP contribution in [0.2, 0.25) is 0 Å². The minimum Gasteiger partial charge on any atom is -0.352 e. The molecule has 0 bridgehead atoms. The van der Waals surface area contributed by atoms with E-state index in [2.05, 4.69) is 10.3 Å². The Balaban J connectivity index is 2.31. The zero-order valence-electron chi connectivity index (χ0n) is 12.2. The van der Waals surface area contributed by atoms with E-state index in [0.717, 1.165) is 25.9 Å². The fourth-order valence-corrected chi connectivity index (χ4v) is 2.55. The topological polar surface area (TPSA) is 95.1 Å². The number of nitro groups is 1. The van der Waals surface area contributed by atoms with Gasteiger partial charge in [0.2, 0.25) is 0 Å². The first-order chi connectivity index (χ1) is 10.0. The fraction of sp³-hybridized carbons (Fsp3) is 0.571. The highest BCUT2D eigenvalue weighted by molar-refractivity contribution is 5.57. The van der Waals surface area contributed by atoms with Crippen molar-refractivity contribution in [3.8, 4) is 6.07 Å². The van der Waals surface area contributed by atoms with Crippen molar-refractivity contribution in [2.45, 2.75) is 38.8 Å². The zero-order valence-corrected chi connectivity index (χ0v) is 12.2. The molecule has 0 aliphatic carbocycles. The first kappa shape index (κ1) is 15.2. The monoisotopic (exact) mass is 289 g/mol. The van der Waals surface area contributed by atoms with E-state index in [4.69, 9.17) is 0 Å². The molecule has 0 spiro atoms. The number of pyridine rings is 1. The lowest BCUT2D eigenvalue weighted by Gasteiger charge is -2.31. The second kappa shape index (κ2) is 6.50. The summed E-state index contributed by atoms with van der Waals surface area (Å²) in [5, 5.41) is 23.5. The van der Waals surface area contributed by atoms with Crippen molar-refractivity contribution in [3.05, 3.63) is 27.9 Å². The molecule has 1 saturated heterocycles. The predicted molar refractivity (Wildman–Crippen MR) is 79.1 cm³/mol. The Bertz CT molecular complexity index is 561. The van der Waals surface area contributed by atoms with Crippen LogP contribution in [0.1, 0.15) is 32.3 Å². The molecule has 1 aromatic rings. The molecule has 0 saturated carbocycles. The molecule has 1 atom stereocenters. The van der Waals surface area contributed by atoms with E-state index in [1.165, 1.54) is 12.3 Å². The van der Waals surface area contributed by atoms with Crippen molar-refractivity contribution in [2.24, 2.45) is 0 Å². The third kappa shape index (κ3) is 3.47. The van der Waals surface area contributed by atoms with Crippen LogP contribution in [0.25, 0.3) is 0 Å². The fourth-order valence-electron chi connectivity index (χ4n) is 2.55. The summed E-state index contributed by atoms with van der Waals surface area (Å²) in [6.07, 6.45) is 3.46. The Morgan fingerprint density at radius 2 is 2.43 bits per heavy atom. The van der Waals surface area contributed by atoms with E-state index in [0.29, 0.717) is 11.9 Å². The maximum absolute atomic E-state index is 10.8. The van der Waals surface area contributed by atoms with Gasteiger partial charge in [0.05, 0.1) is 4.92 Å². The Morgan fingerprint density at radius 3 is 2.95 bits per heavy atom. The van der Waals surface area contributed by atoms with Crippen LogP contribution in [-0.4, -0.2) is 35.1 Å². The smallest absolute Gasteiger partial charge is 0.289 e. The van der Waals surface area contributed by atoms with Crippen molar-refractivity contribution < 1.29 is 4.92 Å². The summed E-state index contributed by atoms with van der Waals surface area (Å²) in [6.45, 7) is 5.81. The summed E-state index contributed by atoms with van der Waals surface area (Å²) in [4.78, 5) is 16.5. The number of nitrogens with zero attached hydrogens (tertiary/aromatic N) is 4. The van der Waals surface area contributed by atoms with Gasteiger partial charge in [0.25, 0.3) is 5.69 Å². The van der Waals surface area contributed by atoms with Crippen LogP contribution >= 0.6 is 0 Å². The predicted octanol–water partition coefficient (Wildman–Crippen LogP) is 1.83. The largest absolute Gasteiger partial charge is 0.352 e. The minimum atomic E-state index is -0.532. The van der Waals surface area contributed by atoms with Crippen molar-refractivity contribution in [3.63, 3.8) is 0 Å². The number of nitriles is 1. The number of hydrogen-bond acceptors (Lipinski definition) is 6. The van der Waals surface area contributed by atoms with Gasteiger partial charge < -0.3 is 10.2 Å². The molecule has 1 fully saturated rings. The summed E-state index contributed by atoms with van der Waals surface area (Å²) in [5.41, 5.74) is 0.0916. The van der Waals surface area contributed by atoms with E-state index in [9.17, 15) is 15.4 Å². The number of aromatic nitrogens is 1. The van der Waals surface area contributed by atoms with Gasteiger partial charge in [-0.1, -0.05) is 0 Å². The van der Waals surface area contributed by atoms with Gasteiger partial charge in [0.1, 0.15) is 23.6 Å². The molecular weight excluding hydrogens is 270 g/mol. The lowest BCUT2D eigenvalue weighted by molar-refractivity contribution is -0.385. The Hall–Kier alpha value is -2.20. The molecule has 0 amide bonds. The average Bonchev–Trinajstić information content (AvgIpc) is 2.96. The number of rotatable bonds is 5. The lowest BCUT2D eigenvalue weighted by atomic mass is 10.1. The van der Waals surface area contributed by atoms with Crippen LogP contribution in [-0.2, 0) is 0 Å². The standard InChI is InChI=1S/C14H19N5O2/c1-10(2)18(9-12-4-3-5-16-12)14-11(7-15)6-13(8-17-14)19(20)21/h6,8,10,12,16H,3-5,9H2,1-2H3. The van der Waals surface area contributed by atoms with Crippen molar-refractivity contribution in [2.75, 3.05) is 18.0 Å². The van der Waals surface area contributed by atoms with Crippen molar-refractivity contribution in [1.29, 1.82) is 5.26 Å². The molecular formula is C14H19N5O2. The Morgan fingerprint density at radius 1 is 1.67 bits per heavy atom. The van der Waals surface area contributed by atoms with Crippen molar-refractivity contribution in [1.82, 2.24) is 10.3 Å². The highest BCUT2D eigenvalue weighted by atomic mass is 16.6. The van der Waals surface area contributed by atoms with Crippen LogP contribution in [0, 0.1) is 21.4 Å². The van der Waals surface area contributed by atoms with E-state index >= 15 is 0 Å². The summed E-state index contributed by atoms with van der Waals surface area (Å²) in [5.74, 6) is 0.520. The molecule has 7 nitrogen and oxygen atoms in total. The van der Waals surface area contributed by atoms with Crippen LogP contribution in [0.15, 0.2) is 12.3 Å². The molecule has 1 aromatic heterocycles. The summed E-state index contributed by atoms with van der Waals surface area (Å²) in [6, 6.07) is 3.85. The van der Waals surface area contributed by atoms with Crippen LogP contribution in [0.5, 0.6) is 0 Å². The van der Waals surface area contributed by atoms with Gasteiger partial charge in [-0.25, -0.2) is 4.98 Å². The normalized spacial score (nSPS) is 17.7. The minimum absolute atomic E-state index is 0.155. The van der Waals surface area contributed by atoms with Gasteiger partial charge in [-0.05, 0) is 33.2 Å². The second-order valence-corrected chi connectivity index (χ2v) is 5.47. The summed E-state index contributed by atoms with van der Waals surface area (Å²) >= 11 is 0. The van der Waals surface area contributed by atoms with E-state index in [1.54, 1.807) is 0 Å². The molecule has 0 aromatic carbocycles. The zero-order chi connectivity index (χ0) is 15.4. The molecule has 2 rings (SSSR count). The van der Waals surface area contributed by atoms with E-state index in [1.807, 2.05) is 24.8 Å². The molecule has 112 valence electrons. The first-order valence-corrected chi connectivity index (χ1v) is 7.07. The first-order valence-electron chi connectivity index (χ1n) is 7.07. The Labute approximate surface area is 123 Å². The molecule has 7 heteroatoms. The van der Waals surface area contributed by atoms with Gasteiger partial charge in [-0.2, -0.15) is 5.26 Å². The third-order valence-corrected chi connectivity index (χ3v) is 3.66. The highest BCUT2D eigenvalue weighted by Crippen LogP contribution is 2.24. The van der Waals surface area contributed by atoms with Gasteiger partial charge in [-0.3, -0.25) is 10.1 Å². The van der Waals surface area contributed by atoms with Gasteiger partial charge in [0.15, 0.2) is 0 Å². The number of anilines is 1. The summed E-state index contributed by atoms with van der Waals surface area (Å²) in [7, 11) is 0. The molecule has 1 N–H and O–H groups in total. The molecule has 1 unspecified atom stereocenters. The maximum Gasteiger partial charge on any atom is 0.289 e. The van der Waals surface area contributed by atoms with E-state index < -0.39 is 4.92 Å².